The second-order valence-corrected chi connectivity index (χ2v) is 6.11. The van der Waals surface area contributed by atoms with Gasteiger partial charge in [-0.1, -0.05) is 12.8 Å². The summed E-state index contributed by atoms with van der Waals surface area (Å²) in [6, 6.07) is 1.27. The highest BCUT2D eigenvalue weighted by Crippen LogP contribution is 2.26. The molecule has 2 heterocycles. The average Bonchev–Trinajstić information content (AvgIpc) is 2.81. The van der Waals surface area contributed by atoms with Crippen molar-refractivity contribution < 1.29 is 4.79 Å². The van der Waals surface area contributed by atoms with E-state index in [4.69, 9.17) is 0 Å². The summed E-state index contributed by atoms with van der Waals surface area (Å²) in [5.74, 6) is 0.505. The monoisotopic (exact) mass is 251 g/mol. The van der Waals surface area contributed by atoms with Crippen molar-refractivity contribution in [1.29, 1.82) is 0 Å². The van der Waals surface area contributed by atoms with E-state index >= 15 is 0 Å². The molecule has 3 fully saturated rings. The summed E-state index contributed by atoms with van der Waals surface area (Å²) in [5, 5.41) is 6.38. The van der Waals surface area contributed by atoms with E-state index in [0.29, 0.717) is 6.04 Å². The quantitative estimate of drug-likeness (QED) is 0.777. The van der Waals surface area contributed by atoms with Crippen LogP contribution in [0.4, 0.5) is 0 Å². The fraction of sp³-hybridized carbons (Fsp3) is 0.929. The van der Waals surface area contributed by atoms with Crippen molar-refractivity contribution in [2.24, 2.45) is 5.92 Å². The first kappa shape index (κ1) is 12.4. The third-order valence-electron chi connectivity index (χ3n) is 4.87. The molecular formula is C14H25N3O. The number of piperidine rings is 1. The molecule has 3 aliphatic rings. The van der Waals surface area contributed by atoms with Gasteiger partial charge in [-0.25, -0.2) is 0 Å². The van der Waals surface area contributed by atoms with Crippen molar-refractivity contribution in [1.82, 2.24) is 15.5 Å². The van der Waals surface area contributed by atoms with Crippen molar-refractivity contribution in [2.45, 2.75) is 50.6 Å². The zero-order valence-electron chi connectivity index (χ0n) is 11.2. The number of nitrogens with zero attached hydrogens (tertiary/aromatic N) is 1. The number of carbonyl (C=O) groups is 1. The summed E-state index contributed by atoms with van der Waals surface area (Å²) >= 11 is 0. The third kappa shape index (κ3) is 2.69. The van der Waals surface area contributed by atoms with Crippen LogP contribution in [0.15, 0.2) is 0 Å². The summed E-state index contributed by atoms with van der Waals surface area (Å²) in [6.45, 7) is 4.09. The van der Waals surface area contributed by atoms with Crippen molar-refractivity contribution >= 4 is 5.91 Å². The van der Waals surface area contributed by atoms with E-state index in [9.17, 15) is 4.79 Å². The van der Waals surface area contributed by atoms with Crippen LogP contribution in [0.1, 0.15) is 38.5 Å². The van der Waals surface area contributed by atoms with E-state index in [2.05, 4.69) is 15.5 Å². The Morgan fingerprint density at radius 2 is 1.72 bits per heavy atom. The van der Waals surface area contributed by atoms with E-state index in [1.165, 1.54) is 38.8 Å². The Bertz CT molecular complexity index is 289. The molecule has 0 radical (unpaired) electrons. The highest BCUT2D eigenvalue weighted by molar-refractivity contribution is 5.80. The van der Waals surface area contributed by atoms with E-state index in [1.54, 1.807) is 0 Å². The summed E-state index contributed by atoms with van der Waals surface area (Å²) in [7, 11) is 0. The molecule has 1 saturated carbocycles. The molecule has 0 bridgehead atoms. The SMILES string of the molecule is O=C(NC1CCN(C2CCCC2)CC1)C1CNC1. The molecule has 1 amide bonds. The van der Waals surface area contributed by atoms with Crippen LogP contribution in [0.2, 0.25) is 0 Å². The van der Waals surface area contributed by atoms with Crippen LogP contribution in [0, 0.1) is 5.92 Å². The zero-order valence-corrected chi connectivity index (χ0v) is 11.2. The van der Waals surface area contributed by atoms with Crippen LogP contribution in [-0.4, -0.2) is 49.1 Å². The molecule has 4 nitrogen and oxygen atoms in total. The smallest absolute Gasteiger partial charge is 0.225 e. The molecule has 4 heteroatoms. The van der Waals surface area contributed by atoms with Crippen LogP contribution in [0.5, 0.6) is 0 Å². The Kier molecular flexibility index (Phi) is 3.85. The topological polar surface area (TPSA) is 44.4 Å². The first-order valence-corrected chi connectivity index (χ1v) is 7.58. The molecule has 2 N–H and O–H groups in total. The number of likely N-dealkylation sites (tertiary alicyclic amines) is 1. The maximum Gasteiger partial charge on any atom is 0.225 e. The molecule has 2 aliphatic heterocycles. The van der Waals surface area contributed by atoms with Crippen LogP contribution < -0.4 is 10.6 Å². The number of hydrogen-bond acceptors (Lipinski definition) is 3. The van der Waals surface area contributed by atoms with Crippen molar-refractivity contribution in [2.75, 3.05) is 26.2 Å². The second-order valence-electron chi connectivity index (χ2n) is 6.11. The third-order valence-corrected chi connectivity index (χ3v) is 4.87. The van der Waals surface area contributed by atoms with Gasteiger partial charge >= 0.3 is 0 Å². The molecule has 3 rings (SSSR count). The molecule has 0 atom stereocenters. The van der Waals surface area contributed by atoms with Crippen molar-refractivity contribution in [3.05, 3.63) is 0 Å². The minimum atomic E-state index is 0.234. The Morgan fingerprint density at radius 1 is 1.06 bits per heavy atom. The lowest BCUT2D eigenvalue weighted by Gasteiger charge is -2.37. The Balaban J connectivity index is 1.40. The number of hydrogen-bond donors (Lipinski definition) is 2. The van der Waals surface area contributed by atoms with Gasteiger partial charge in [0.1, 0.15) is 0 Å². The van der Waals surface area contributed by atoms with Gasteiger partial charge in [-0.05, 0) is 25.7 Å². The first-order chi connectivity index (χ1) is 8.83. The average molecular weight is 251 g/mol. The summed E-state index contributed by atoms with van der Waals surface area (Å²) in [6.07, 6.45) is 7.90. The first-order valence-electron chi connectivity index (χ1n) is 7.58. The number of nitrogens with one attached hydrogen (secondary N) is 2. The summed E-state index contributed by atoms with van der Waals surface area (Å²) in [5.41, 5.74) is 0. The van der Waals surface area contributed by atoms with Crippen LogP contribution in [0.25, 0.3) is 0 Å². The zero-order chi connectivity index (χ0) is 12.4. The van der Waals surface area contributed by atoms with Gasteiger partial charge in [0.05, 0.1) is 5.92 Å². The van der Waals surface area contributed by atoms with Crippen molar-refractivity contribution in [3.8, 4) is 0 Å². The highest BCUT2D eigenvalue weighted by Gasteiger charge is 2.30. The number of amides is 1. The Hall–Kier alpha value is -0.610. The molecule has 0 aromatic rings. The minimum Gasteiger partial charge on any atom is -0.353 e. The van der Waals surface area contributed by atoms with Crippen LogP contribution in [0.3, 0.4) is 0 Å². The standard InChI is InChI=1S/C14H25N3O/c18-14(11-9-15-10-11)16-12-5-7-17(8-6-12)13-3-1-2-4-13/h11-13,15H,1-10H2,(H,16,18). The van der Waals surface area contributed by atoms with Crippen LogP contribution >= 0.6 is 0 Å². The minimum absolute atomic E-state index is 0.234. The Morgan fingerprint density at radius 3 is 2.28 bits per heavy atom. The van der Waals surface area contributed by atoms with E-state index < -0.39 is 0 Å². The summed E-state index contributed by atoms with van der Waals surface area (Å²) < 4.78 is 0. The number of carbonyl (C=O) groups excluding carboxylic acids is 1. The lowest BCUT2D eigenvalue weighted by Crippen LogP contribution is -2.54. The van der Waals surface area contributed by atoms with Crippen molar-refractivity contribution in [3.63, 3.8) is 0 Å². The lowest BCUT2D eigenvalue weighted by atomic mass is 9.99. The molecule has 0 aromatic carbocycles. The summed E-state index contributed by atoms with van der Waals surface area (Å²) in [4.78, 5) is 14.5. The van der Waals surface area contributed by atoms with Gasteiger partial charge in [0.2, 0.25) is 5.91 Å². The molecule has 0 spiro atoms. The molecule has 1 aliphatic carbocycles. The van der Waals surface area contributed by atoms with E-state index in [-0.39, 0.29) is 11.8 Å². The Labute approximate surface area is 109 Å². The molecule has 0 unspecified atom stereocenters. The highest BCUT2D eigenvalue weighted by atomic mass is 16.2. The van der Waals surface area contributed by atoms with Gasteiger partial charge in [-0.15, -0.1) is 0 Å². The molecule has 0 aromatic heterocycles. The number of rotatable bonds is 3. The van der Waals surface area contributed by atoms with Gasteiger partial charge < -0.3 is 15.5 Å². The second kappa shape index (κ2) is 5.57. The maximum atomic E-state index is 11.9. The fourth-order valence-corrected chi connectivity index (χ4v) is 3.47. The largest absolute Gasteiger partial charge is 0.353 e. The lowest BCUT2D eigenvalue weighted by molar-refractivity contribution is -0.127. The van der Waals surface area contributed by atoms with E-state index in [0.717, 1.165) is 32.0 Å². The fourth-order valence-electron chi connectivity index (χ4n) is 3.47. The van der Waals surface area contributed by atoms with Gasteiger partial charge in [-0.3, -0.25) is 4.79 Å². The predicted molar refractivity (Wildman–Crippen MR) is 71.4 cm³/mol. The normalized spacial score (nSPS) is 28.2. The predicted octanol–water partition coefficient (Wildman–Crippen LogP) is 0.729. The van der Waals surface area contributed by atoms with Gasteiger partial charge in [-0.2, -0.15) is 0 Å². The molecular weight excluding hydrogens is 226 g/mol. The molecule has 2 saturated heterocycles. The molecule has 18 heavy (non-hydrogen) atoms. The van der Waals surface area contributed by atoms with E-state index in [1.807, 2.05) is 0 Å². The van der Waals surface area contributed by atoms with Gasteiger partial charge in [0.15, 0.2) is 0 Å². The van der Waals surface area contributed by atoms with Gasteiger partial charge in [0.25, 0.3) is 0 Å². The van der Waals surface area contributed by atoms with Crippen LogP contribution in [-0.2, 0) is 4.79 Å². The molecule has 102 valence electrons. The maximum absolute atomic E-state index is 11.9. The van der Waals surface area contributed by atoms with Gasteiger partial charge in [0, 0.05) is 38.3 Å².